The van der Waals surface area contributed by atoms with Gasteiger partial charge in [-0.2, -0.15) is 0 Å². The highest BCUT2D eigenvalue weighted by Gasteiger charge is 2.26. The van der Waals surface area contributed by atoms with Crippen LogP contribution in [0.1, 0.15) is 29.8 Å². The van der Waals surface area contributed by atoms with Gasteiger partial charge in [0.1, 0.15) is 5.82 Å². The maximum atomic E-state index is 12.7. The fraction of sp³-hybridized carbons (Fsp3) is 0.500. The van der Waals surface area contributed by atoms with Gasteiger partial charge in [0, 0.05) is 62.8 Å². The van der Waals surface area contributed by atoms with E-state index in [1.54, 1.807) is 0 Å². The summed E-state index contributed by atoms with van der Waals surface area (Å²) in [5.74, 6) is 1.29. The third-order valence-corrected chi connectivity index (χ3v) is 6.62. The maximum absolute atomic E-state index is 12.7. The van der Waals surface area contributed by atoms with Gasteiger partial charge in [0.05, 0.1) is 0 Å². The molecule has 4 heterocycles. The van der Waals surface area contributed by atoms with E-state index in [1.165, 1.54) is 10.4 Å². The van der Waals surface area contributed by atoms with E-state index in [9.17, 15) is 4.79 Å². The van der Waals surface area contributed by atoms with Crippen molar-refractivity contribution in [3.63, 3.8) is 0 Å². The van der Waals surface area contributed by atoms with Gasteiger partial charge < -0.3 is 9.80 Å². The lowest BCUT2D eigenvalue weighted by Crippen LogP contribution is -2.49. The molecule has 2 aromatic rings. The van der Waals surface area contributed by atoms with Crippen LogP contribution in [0.15, 0.2) is 35.8 Å². The number of anilines is 1. The van der Waals surface area contributed by atoms with E-state index in [-0.39, 0.29) is 5.91 Å². The molecule has 0 aliphatic carbocycles. The van der Waals surface area contributed by atoms with Crippen molar-refractivity contribution in [2.45, 2.75) is 25.8 Å². The summed E-state index contributed by atoms with van der Waals surface area (Å²) in [6, 6.07) is 8.66. The van der Waals surface area contributed by atoms with Crippen molar-refractivity contribution in [2.75, 3.05) is 44.2 Å². The summed E-state index contributed by atoms with van der Waals surface area (Å²) in [7, 11) is 0. The van der Waals surface area contributed by atoms with E-state index in [0.29, 0.717) is 12.5 Å². The molecule has 2 aromatic heterocycles. The minimum absolute atomic E-state index is 0.286. The van der Waals surface area contributed by atoms with Crippen LogP contribution in [0.5, 0.6) is 0 Å². The minimum Gasteiger partial charge on any atom is -0.353 e. The number of thiophene rings is 1. The Hall–Kier alpha value is -1.92. The smallest absolute Gasteiger partial charge is 0.223 e. The Bertz CT molecular complexity index is 739. The summed E-state index contributed by atoms with van der Waals surface area (Å²) < 4.78 is 0. The average molecular weight is 371 g/mol. The summed E-state index contributed by atoms with van der Waals surface area (Å²) in [4.78, 5) is 25.3. The SMILES string of the molecule is C[C@@H]1c2ccsc2CCN1CCC(=O)N1CCN(c2ccccn2)CC1. The third kappa shape index (κ3) is 3.62. The number of rotatable bonds is 4. The van der Waals surface area contributed by atoms with Crippen LogP contribution in [0, 0.1) is 0 Å². The lowest BCUT2D eigenvalue weighted by Gasteiger charge is -2.37. The van der Waals surface area contributed by atoms with Gasteiger partial charge >= 0.3 is 0 Å². The zero-order valence-corrected chi connectivity index (χ0v) is 16.1. The lowest BCUT2D eigenvalue weighted by atomic mass is 10.0. The summed E-state index contributed by atoms with van der Waals surface area (Å²) >= 11 is 1.87. The molecule has 1 atom stereocenters. The second-order valence-electron chi connectivity index (χ2n) is 7.07. The van der Waals surface area contributed by atoms with Crippen LogP contribution in [0.3, 0.4) is 0 Å². The number of fused-ring (bicyclic) bond motifs is 1. The number of amides is 1. The van der Waals surface area contributed by atoms with Gasteiger partial charge in [0.15, 0.2) is 0 Å². The summed E-state index contributed by atoms with van der Waals surface area (Å²) in [5, 5.41) is 2.19. The highest BCUT2D eigenvalue weighted by molar-refractivity contribution is 7.10. The monoisotopic (exact) mass is 370 g/mol. The maximum Gasteiger partial charge on any atom is 0.223 e. The molecule has 26 heavy (non-hydrogen) atoms. The topological polar surface area (TPSA) is 39.7 Å². The molecule has 4 rings (SSSR count). The second-order valence-corrected chi connectivity index (χ2v) is 8.07. The molecule has 6 heteroatoms. The zero-order valence-electron chi connectivity index (χ0n) is 15.3. The van der Waals surface area contributed by atoms with Crippen molar-refractivity contribution in [1.82, 2.24) is 14.8 Å². The number of carbonyl (C=O) groups excluding carboxylic acids is 1. The molecule has 0 bridgehead atoms. The lowest BCUT2D eigenvalue weighted by molar-refractivity contribution is -0.132. The van der Waals surface area contributed by atoms with Crippen LogP contribution in [-0.4, -0.2) is 60.0 Å². The molecule has 2 aliphatic heterocycles. The minimum atomic E-state index is 0.286. The van der Waals surface area contributed by atoms with E-state index in [1.807, 2.05) is 40.6 Å². The number of hydrogen-bond donors (Lipinski definition) is 0. The Morgan fingerprint density at radius 1 is 1.19 bits per heavy atom. The van der Waals surface area contributed by atoms with Crippen LogP contribution >= 0.6 is 11.3 Å². The normalized spacial score (nSPS) is 20.9. The first-order chi connectivity index (χ1) is 12.7. The van der Waals surface area contributed by atoms with Crippen LogP contribution in [0.4, 0.5) is 5.82 Å². The molecule has 0 spiro atoms. The molecule has 0 radical (unpaired) electrons. The van der Waals surface area contributed by atoms with Crippen LogP contribution in [-0.2, 0) is 11.2 Å². The second kappa shape index (κ2) is 7.76. The number of piperazine rings is 1. The molecule has 1 amide bonds. The van der Waals surface area contributed by atoms with Crippen LogP contribution in [0.2, 0.25) is 0 Å². The van der Waals surface area contributed by atoms with Gasteiger partial charge in [-0.3, -0.25) is 9.69 Å². The predicted molar refractivity (Wildman–Crippen MR) is 106 cm³/mol. The van der Waals surface area contributed by atoms with Gasteiger partial charge in [-0.15, -0.1) is 11.3 Å². The Balaban J connectivity index is 1.26. The van der Waals surface area contributed by atoms with Crippen LogP contribution in [0.25, 0.3) is 0 Å². The first-order valence-corrected chi connectivity index (χ1v) is 10.3. The first-order valence-electron chi connectivity index (χ1n) is 9.46. The van der Waals surface area contributed by atoms with E-state index in [2.05, 4.69) is 33.2 Å². The Morgan fingerprint density at radius 3 is 2.81 bits per heavy atom. The van der Waals surface area contributed by atoms with Crippen molar-refractivity contribution in [2.24, 2.45) is 0 Å². The first kappa shape index (κ1) is 17.5. The molecule has 1 fully saturated rings. The number of nitrogens with zero attached hydrogens (tertiary/aromatic N) is 4. The van der Waals surface area contributed by atoms with Gasteiger partial charge in [0.2, 0.25) is 5.91 Å². The highest BCUT2D eigenvalue weighted by atomic mass is 32.1. The summed E-state index contributed by atoms with van der Waals surface area (Å²) in [5.41, 5.74) is 1.46. The number of aromatic nitrogens is 1. The summed E-state index contributed by atoms with van der Waals surface area (Å²) in [6.07, 6.45) is 3.56. The molecule has 0 unspecified atom stereocenters. The molecule has 1 saturated heterocycles. The standard InChI is InChI=1S/C20H26N4OS/c1-16-17-7-15-26-18(17)5-9-22(16)10-6-20(25)24-13-11-23(12-14-24)19-4-2-3-8-21-19/h2-4,7-8,15-16H,5-6,9-14H2,1H3/t16-/m1/s1. The Morgan fingerprint density at radius 2 is 2.04 bits per heavy atom. The van der Waals surface area contributed by atoms with Crippen molar-refractivity contribution >= 4 is 23.1 Å². The largest absolute Gasteiger partial charge is 0.353 e. The quantitative estimate of drug-likeness (QED) is 0.830. The van der Waals surface area contributed by atoms with Gasteiger partial charge in [-0.1, -0.05) is 6.07 Å². The van der Waals surface area contributed by atoms with Crippen molar-refractivity contribution in [3.05, 3.63) is 46.3 Å². The summed E-state index contributed by atoms with van der Waals surface area (Å²) in [6.45, 7) is 7.49. The van der Waals surface area contributed by atoms with Gasteiger partial charge in [-0.05, 0) is 42.5 Å². The van der Waals surface area contributed by atoms with E-state index in [4.69, 9.17) is 0 Å². The van der Waals surface area contributed by atoms with Crippen molar-refractivity contribution in [1.29, 1.82) is 0 Å². The average Bonchev–Trinajstić information content (AvgIpc) is 3.18. The molecule has 138 valence electrons. The molecule has 0 N–H and O–H groups in total. The van der Waals surface area contributed by atoms with E-state index < -0.39 is 0 Å². The third-order valence-electron chi connectivity index (χ3n) is 5.62. The van der Waals surface area contributed by atoms with Crippen molar-refractivity contribution < 1.29 is 4.79 Å². The predicted octanol–water partition coefficient (Wildman–Crippen LogP) is 2.80. The number of carbonyl (C=O) groups is 1. The zero-order chi connectivity index (χ0) is 17.9. The Kier molecular flexibility index (Phi) is 5.22. The fourth-order valence-corrected chi connectivity index (χ4v) is 4.95. The van der Waals surface area contributed by atoms with Crippen molar-refractivity contribution in [3.8, 4) is 0 Å². The molecular weight excluding hydrogens is 344 g/mol. The molecule has 0 saturated carbocycles. The van der Waals surface area contributed by atoms with Gasteiger partial charge in [-0.25, -0.2) is 4.98 Å². The van der Waals surface area contributed by atoms with E-state index in [0.717, 1.165) is 51.5 Å². The molecule has 0 aromatic carbocycles. The number of pyridine rings is 1. The molecule has 5 nitrogen and oxygen atoms in total. The Labute approximate surface area is 159 Å². The van der Waals surface area contributed by atoms with E-state index >= 15 is 0 Å². The highest BCUT2D eigenvalue weighted by Crippen LogP contribution is 2.32. The molecule has 2 aliphatic rings. The molecular formula is C20H26N4OS. The fourth-order valence-electron chi connectivity index (χ4n) is 3.99. The van der Waals surface area contributed by atoms with Gasteiger partial charge in [0.25, 0.3) is 0 Å². The number of hydrogen-bond acceptors (Lipinski definition) is 5. The van der Waals surface area contributed by atoms with Crippen LogP contribution < -0.4 is 4.90 Å².